The predicted octanol–water partition coefficient (Wildman–Crippen LogP) is 2.39. The molecule has 0 saturated heterocycles. The Morgan fingerprint density at radius 1 is 1.46 bits per heavy atom. The van der Waals surface area contributed by atoms with Crippen molar-refractivity contribution in [2.45, 2.75) is 25.2 Å². The summed E-state index contributed by atoms with van der Waals surface area (Å²) < 4.78 is 0. The first-order valence-electron chi connectivity index (χ1n) is 4.63. The monoisotopic (exact) mass is 191 g/mol. The molecule has 0 amide bonds. The minimum Gasteiger partial charge on any atom is -0.393 e. The third-order valence-electron chi connectivity index (χ3n) is 2.38. The second kappa shape index (κ2) is 3.46. The topological polar surface area (TPSA) is 26.0 Å². The Labute approximate surface area is 83.9 Å². The highest BCUT2D eigenvalue weighted by atomic mass is 32.1. The van der Waals surface area contributed by atoms with E-state index in [0.29, 0.717) is 4.99 Å². The molecule has 2 N–H and O–H groups in total. The Kier molecular flexibility index (Phi) is 2.32. The van der Waals surface area contributed by atoms with Gasteiger partial charge in [-0.2, -0.15) is 0 Å². The lowest BCUT2D eigenvalue weighted by Crippen LogP contribution is -2.10. The highest BCUT2D eigenvalue weighted by Crippen LogP contribution is 2.40. The van der Waals surface area contributed by atoms with E-state index in [1.807, 2.05) is 0 Å². The van der Waals surface area contributed by atoms with E-state index in [-0.39, 0.29) is 0 Å². The van der Waals surface area contributed by atoms with Crippen molar-refractivity contribution in [1.29, 1.82) is 0 Å². The van der Waals surface area contributed by atoms with Gasteiger partial charge in [0.2, 0.25) is 0 Å². The zero-order valence-corrected chi connectivity index (χ0v) is 8.31. The number of nitrogens with two attached hydrogens (primary N) is 1. The van der Waals surface area contributed by atoms with Gasteiger partial charge in [0.05, 0.1) is 4.99 Å². The smallest absolute Gasteiger partial charge is 0.0771 e. The summed E-state index contributed by atoms with van der Waals surface area (Å²) in [5.41, 5.74) is 8.20. The van der Waals surface area contributed by atoms with Crippen molar-refractivity contribution in [3.05, 3.63) is 35.4 Å². The first kappa shape index (κ1) is 8.70. The van der Waals surface area contributed by atoms with Crippen LogP contribution >= 0.6 is 12.2 Å². The van der Waals surface area contributed by atoms with Crippen LogP contribution in [0.3, 0.4) is 0 Å². The van der Waals surface area contributed by atoms with E-state index in [9.17, 15) is 0 Å². The van der Waals surface area contributed by atoms with Crippen molar-refractivity contribution in [2.75, 3.05) is 0 Å². The van der Waals surface area contributed by atoms with Crippen LogP contribution in [0.15, 0.2) is 24.3 Å². The zero-order chi connectivity index (χ0) is 9.26. The first-order chi connectivity index (χ1) is 6.25. The van der Waals surface area contributed by atoms with Gasteiger partial charge in [-0.25, -0.2) is 0 Å². The third kappa shape index (κ3) is 2.28. The molecular formula is C11H13NS. The molecule has 0 bridgehead atoms. The van der Waals surface area contributed by atoms with Gasteiger partial charge in [0, 0.05) is 6.42 Å². The summed E-state index contributed by atoms with van der Waals surface area (Å²) in [5.74, 6) is 0.811. The molecule has 0 aromatic heterocycles. The maximum Gasteiger partial charge on any atom is 0.0771 e. The molecule has 0 radical (unpaired) electrons. The van der Waals surface area contributed by atoms with Crippen LogP contribution in [0, 0.1) is 0 Å². The molecule has 1 nitrogen and oxygen atoms in total. The minimum atomic E-state index is 0.577. The Hall–Kier alpha value is -0.890. The summed E-state index contributed by atoms with van der Waals surface area (Å²) in [6.07, 6.45) is 3.42. The quantitative estimate of drug-likeness (QED) is 0.742. The van der Waals surface area contributed by atoms with Crippen molar-refractivity contribution in [2.24, 2.45) is 5.73 Å². The van der Waals surface area contributed by atoms with Crippen LogP contribution in [0.4, 0.5) is 0 Å². The Bertz CT molecular complexity index is 329. The molecule has 1 saturated carbocycles. The van der Waals surface area contributed by atoms with E-state index in [1.165, 1.54) is 24.0 Å². The molecule has 13 heavy (non-hydrogen) atoms. The van der Waals surface area contributed by atoms with E-state index in [1.54, 1.807) is 0 Å². The van der Waals surface area contributed by atoms with Gasteiger partial charge in [0.1, 0.15) is 0 Å². The molecular weight excluding hydrogens is 178 g/mol. The minimum absolute atomic E-state index is 0.577. The van der Waals surface area contributed by atoms with Crippen molar-refractivity contribution < 1.29 is 0 Å². The SMILES string of the molecule is NC(=S)Cc1cccc(C2CC2)c1. The highest BCUT2D eigenvalue weighted by molar-refractivity contribution is 7.80. The van der Waals surface area contributed by atoms with Crippen LogP contribution in [0.2, 0.25) is 0 Å². The van der Waals surface area contributed by atoms with Gasteiger partial charge < -0.3 is 5.73 Å². The second-order valence-corrected chi connectivity index (χ2v) is 4.19. The van der Waals surface area contributed by atoms with Crippen molar-refractivity contribution in [3.63, 3.8) is 0 Å². The van der Waals surface area contributed by atoms with Crippen LogP contribution in [0.5, 0.6) is 0 Å². The lowest BCUT2D eigenvalue weighted by Gasteiger charge is -2.02. The van der Waals surface area contributed by atoms with Gasteiger partial charge in [0.15, 0.2) is 0 Å². The number of hydrogen-bond acceptors (Lipinski definition) is 1. The highest BCUT2D eigenvalue weighted by Gasteiger charge is 2.23. The van der Waals surface area contributed by atoms with Crippen LogP contribution < -0.4 is 5.73 Å². The number of thiocarbonyl (C=S) groups is 1. The number of rotatable bonds is 3. The lowest BCUT2D eigenvalue weighted by atomic mass is 10.1. The van der Waals surface area contributed by atoms with Crippen LogP contribution in [-0.4, -0.2) is 4.99 Å². The summed E-state index contributed by atoms with van der Waals surface area (Å²) in [4.78, 5) is 0.577. The first-order valence-corrected chi connectivity index (χ1v) is 5.03. The summed E-state index contributed by atoms with van der Waals surface area (Å²) in [6.45, 7) is 0. The molecule has 2 rings (SSSR count). The molecule has 0 heterocycles. The molecule has 0 atom stereocenters. The lowest BCUT2D eigenvalue weighted by molar-refractivity contribution is 1.11. The van der Waals surface area contributed by atoms with Crippen molar-refractivity contribution >= 4 is 17.2 Å². The molecule has 0 aliphatic heterocycles. The molecule has 0 unspecified atom stereocenters. The Balaban J connectivity index is 2.16. The zero-order valence-electron chi connectivity index (χ0n) is 7.49. The normalized spacial score (nSPS) is 15.7. The van der Waals surface area contributed by atoms with Gasteiger partial charge >= 0.3 is 0 Å². The van der Waals surface area contributed by atoms with E-state index in [0.717, 1.165) is 12.3 Å². The van der Waals surface area contributed by atoms with E-state index < -0.39 is 0 Å². The van der Waals surface area contributed by atoms with Gasteiger partial charge in [-0.15, -0.1) is 0 Å². The van der Waals surface area contributed by atoms with Crippen molar-refractivity contribution in [3.8, 4) is 0 Å². The van der Waals surface area contributed by atoms with Gasteiger partial charge in [-0.3, -0.25) is 0 Å². The third-order valence-corrected chi connectivity index (χ3v) is 2.52. The molecule has 0 spiro atoms. The standard InChI is InChI=1S/C11H13NS/c12-11(13)7-8-2-1-3-10(6-8)9-4-5-9/h1-3,6,9H,4-5,7H2,(H2,12,13). The van der Waals surface area contributed by atoms with E-state index >= 15 is 0 Å². The van der Waals surface area contributed by atoms with E-state index in [4.69, 9.17) is 18.0 Å². The molecule has 1 aromatic carbocycles. The predicted molar refractivity (Wildman–Crippen MR) is 58.9 cm³/mol. The molecule has 1 aliphatic carbocycles. The van der Waals surface area contributed by atoms with E-state index in [2.05, 4.69) is 24.3 Å². The van der Waals surface area contributed by atoms with Crippen LogP contribution in [0.1, 0.15) is 29.9 Å². The molecule has 68 valence electrons. The van der Waals surface area contributed by atoms with Gasteiger partial charge in [-0.1, -0.05) is 36.5 Å². The Morgan fingerprint density at radius 3 is 2.85 bits per heavy atom. The molecule has 2 heteroatoms. The molecule has 1 fully saturated rings. The molecule has 1 aliphatic rings. The fraction of sp³-hybridized carbons (Fsp3) is 0.364. The maximum atomic E-state index is 5.50. The average molecular weight is 191 g/mol. The number of hydrogen-bond donors (Lipinski definition) is 1. The fourth-order valence-corrected chi connectivity index (χ4v) is 1.74. The van der Waals surface area contributed by atoms with Crippen LogP contribution in [-0.2, 0) is 6.42 Å². The van der Waals surface area contributed by atoms with Gasteiger partial charge in [-0.05, 0) is 29.9 Å². The fourth-order valence-electron chi connectivity index (χ4n) is 1.57. The summed E-state index contributed by atoms with van der Waals surface area (Å²) in [7, 11) is 0. The Morgan fingerprint density at radius 2 is 2.23 bits per heavy atom. The van der Waals surface area contributed by atoms with Gasteiger partial charge in [0.25, 0.3) is 0 Å². The van der Waals surface area contributed by atoms with Crippen LogP contribution in [0.25, 0.3) is 0 Å². The molecule has 1 aromatic rings. The van der Waals surface area contributed by atoms with Crippen molar-refractivity contribution in [1.82, 2.24) is 0 Å². The maximum absolute atomic E-state index is 5.50. The summed E-state index contributed by atoms with van der Waals surface area (Å²) >= 11 is 4.88. The number of benzene rings is 1. The average Bonchev–Trinajstić information content (AvgIpc) is 2.85. The summed E-state index contributed by atoms with van der Waals surface area (Å²) in [5, 5.41) is 0. The second-order valence-electron chi connectivity index (χ2n) is 3.66. The largest absolute Gasteiger partial charge is 0.393 e. The summed E-state index contributed by atoms with van der Waals surface area (Å²) in [6, 6.07) is 8.61.